The minimum atomic E-state index is -0.0949. The van der Waals surface area contributed by atoms with Crippen LogP contribution in [0.1, 0.15) is 25.1 Å². The van der Waals surface area contributed by atoms with Gasteiger partial charge < -0.3 is 5.32 Å². The molecule has 1 fully saturated rings. The average molecular weight is 274 g/mol. The van der Waals surface area contributed by atoms with Crippen LogP contribution in [0.25, 0.3) is 0 Å². The van der Waals surface area contributed by atoms with Crippen LogP contribution in [0, 0.1) is 0 Å². The van der Waals surface area contributed by atoms with Crippen molar-refractivity contribution in [1.29, 1.82) is 0 Å². The van der Waals surface area contributed by atoms with E-state index in [0.717, 1.165) is 31.7 Å². The first-order valence-electron chi connectivity index (χ1n) is 6.74. The second-order valence-corrected chi connectivity index (χ2v) is 5.12. The van der Waals surface area contributed by atoms with Crippen LogP contribution in [0.2, 0.25) is 0 Å². The monoisotopic (exact) mass is 274 g/mol. The van der Waals surface area contributed by atoms with Crippen molar-refractivity contribution in [2.45, 2.75) is 25.9 Å². The summed E-state index contributed by atoms with van der Waals surface area (Å²) >= 11 is 0. The number of nitrogens with one attached hydrogen (secondary N) is 2. The van der Waals surface area contributed by atoms with Crippen molar-refractivity contribution in [2.75, 3.05) is 18.4 Å². The number of carbonyl (C=O) groups excluding carboxylic acids is 1. The van der Waals surface area contributed by atoms with Crippen LogP contribution in [0.3, 0.4) is 0 Å². The molecule has 1 atom stereocenters. The predicted octanol–water partition coefficient (Wildman–Crippen LogP) is 1.01. The Labute approximate surface area is 117 Å². The number of anilines is 1. The van der Waals surface area contributed by atoms with E-state index >= 15 is 0 Å². The summed E-state index contributed by atoms with van der Waals surface area (Å²) in [6, 6.07) is 4.19. The van der Waals surface area contributed by atoms with E-state index in [4.69, 9.17) is 0 Å². The molecule has 20 heavy (non-hydrogen) atoms. The zero-order valence-corrected chi connectivity index (χ0v) is 11.4. The van der Waals surface area contributed by atoms with E-state index in [-0.39, 0.29) is 5.91 Å². The highest BCUT2D eigenvalue weighted by Gasteiger charge is 2.24. The zero-order valence-electron chi connectivity index (χ0n) is 11.4. The second kappa shape index (κ2) is 5.46. The third kappa shape index (κ3) is 2.88. The topological polar surface area (TPSA) is 78.8 Å². The van der Waals surface area contributed by atoms with Gasteiger partial charge in [0.25, 0.3) is 0 Å². The molecule has 0 saturated carbocycles. The molecule has 0 spiro atoms. The number of carbonyl (C=O) groups is 1. The summed E-state index contributed by atoms with van der Waals surface area (Å²) in [5.74, 6) is 0.520. The molecule has 7 nitrogen and oxygen atoms in total. The van der Waals surface area contributed by atoms with Gasteiger partial charge in [-0.2, -0.15) is 10.2 Å². The number of hydrogen-bond donors (Lipinski definition) is 2. The molecular weight excluding hydrogens is 256 g/mol. The molecule has 0 aliphatic carbocycles. The van der Waals surface area contributed by atoms with Crippen LogP contribution < -0.4 is 5.32 Å². The fourth-order valence-corrected chi connectivity index (χ4v) is 2.57. The number of rotatable bonds is 4. The van der Waals surface area contributed by atoms with E-state index in [2.05, 4.69) is 25.5 Å². The van der Waals surface area contributed by atoms with Gasteiger partial charge in [-0.1, -0.05) is 0 Å². The van der Waals surface area contributed by atoms with E-state index in [1.807, 2.05) is 23.0 Å². The summed E-state index contributed by atoms with van der Waals surface area (Å²) in [5, 5.41) is 14.0. The average Bonchev–Trinajstić information content (AvgIpc) is 3.09. The molecule has 0 bridgehead atoms. The number of H-pyrrole nitrogens is 1. The van der Waals surface area contributed by atoms with Gasteiger partial charge in [0.2, 0.25) is 5.91 Å². The first-order chi connectivity index (χ1) is 9.70. The lowest BCUT2D eigenvalue weighted by Crippen LogP contribution is -2.21. The minimum Gasteiger partial charge on any atom is -0.309 e. The number of aromatic nitrogens is 4. The van der Waals surface area contributed by atoms with Gasteiger partial charge in [0.15, 0.2) is 5.82 Å². The lowest BCUT2D eigenvalue weighted by Gasteiger charge is -2.15. The van der Waals surface area contributed by atoms with E-state index < -0.39 is 0 Å². The molecule has 1 saturated heterocycles. The Morgan fingerprint density at radius 2 is 2.45 bits per heavy atom. The van der Waals surface area contributed by atoms with Crippen LogP contribution in [0.5, 0.6) is 0 Å². The third-order valence-corrected chi connectivity index (χ3v) is 3.49. The van der Waals surface area contributed by atoms with Crippen molar-refractivity contribution in [3.63, 3.8) is 0 Å². The van der Waals surface area contributed by atoms with E-state index in [0.29, 0.717) is 11.9 Å². The normalized spacial score (nSPS) is 19.4. The highest BCUT2D eigenvalue weighted by molar-refractivity contribution is 5.87. The van der Waals surface area contributed by atoms with Crippen molar-refractivity contribution < 1.29 is 4.79 Å². The van der Waals surface area contributed by atoms with Gasteiger partial charge in [0.05, 0.1) is 6.04 Å². The Balaban J connectivity index is 1.59. The number of likely N-dealkylation sites (tertiary alicyclic amines) is 1. The van der Waals surface area contributed by atoms with Crippen LogP contribution in [-0.2, 0) is 11.3 Å². The molecule has 3 rings (SSSR count). The SMILES string of the molecule is CC(=O)Nc1ccn(C2CCN(Cc3ccn[nH]3)C2)n1. The Bertz CT molecular complexity index is 575. The third-order valence-electron chi connectivity index (χ3n) is 3.49. The number of hydrogen-bond acceptors (Lipinski definition) is 4. The molecule has 1 aliphatic heterocycles. The van der Waals surface area contributed by atoms with E-state index in [1.54, 1.807) is 6.20 Å². The molecule has 1 aliphatic rings. The molecule has 0 radical (unpaired) electrons. The summed E-state index contributed by atoms with van der Waals surface area (Å²) in [7, 11) is 0. The van der Waals surface area contributed by atoms with Crippen molar-refractivity contribution in [3.8, 4) is 0 Å². The molecule has 7 heteroatoms. The van der Waals surface area contributed by atoms with Gasteiger partial charge >= 0.3 is 0 Å². The molecule has 1 unspecified atom stereocenters. The van der Waals surface area contributed by atoms with Crippen LogP contribution in [0.15, 0.2) is 24.5 Å². The molecular formula is C13H18N6O. The summed E-state index contributed by atoms with van der Waals surface area (Å²) in [6.07, 6.45) is 4.76. The van der Waals surface area contributed by atoms with Crippen molar-refractivity contribution in [1.82, 2.24) is 24.9 Å². The predicted molar refractivity (Wildman–Crippen MR) is 74.0 cm³/mol. The highest BCUT2D eigenvalue weighted by atomic mass is 16.1. The van der Waals surface area contributed by atoms with Gasteiger partial charge in [-0.15, -0.1) is 0 Å². The number of aromatic amines is 1. The summed E-state index contributed by atoms with van der Waals surface area (Å²) in [5.41, 5.74) is 1.13. The second-order valence-electron chi connectivity index (χ2n) is 5.12. The van der Waals surface area contributed by atoms with Gasteiger partial charge in [-0.05, 0) is 12.5 Å². The molecule has 2 aromatic rings. The largest absolute Gasteiger partial charge is 0.309 e. The summed E-state index contributed by atoms with van der Waals surface area (Å²) in [4.78, 5) is 13.4. The van der Waals surface area contributed by atoms with Crippen molar-refractivity contribution in [3.05, 3.63) is 30.2 Å². The highest BCUT2D eigenvalue weighted by Crippen LogP contribution is 2.23. The van der Waals surface area contributed by atoms with Crippen molar-refractivity contribution >= 4 is 11.7 Å². The molecule has 1 amide bonds. The Kier molecular flexibility index (Phi) is 3.51. The Morgan fingerprint density at radius 1 is 1.55 bits per heavy atom. The zero-order chi connectivity index (χ0) is 13.9. The minimum absolute atomic E-state index is 0.0949. The van der Waals surface area contributed by atoms with Crippen LogP contribution in [-0.4, -0.2) is 43.9 Å². The first-order valence-corrected chi connectivity index (χ1v) is 6.74. The Hall–Kier alpha value is -2.15. The molecule has 2 aromatic heterocycles. The molecule has 106 valence electrons. The number of amides is 1. The van der Waals surface area contributed by atoms with Crippen molar-refractivity contribution in [2.24, 2.45) is 0 Å². The van der Waals surface area contributed by atoms with Gasteiger partial charge in [-0.25, -0.2) is 0 Å². The van der Waals surface area contributed by atoms with Crippen LogP contribution in [0.4, 0.5) is 5.82 Å². The van der Waals surface area contributed by atoms with E-state index in [1.165, 1.54) is 6.92 Å². The first kappa shape index (κ1) is 12.9. The summed E-state index contributed by atoms with van der Waals surface area (Å²) in [6.45, 7) is 4.37. The number of nitrogens with zero attached hydrogens (tertiary/aromatic N) is 4. The van der Waals surface area contributed by atoms with Gasteiger partial charge in [-0.3, -0.25) is 19.5 Å². The quantitative estimate of drug-likeness (QED) is 0.872. The van der Waals surface area contributed by atoms with E-state index in [9.17, 15) is 4.79 Å². The van der Waals surface area contributed by atoms with Crippen LogP contribution >= 0.6 is 0 Å². The lowest BCUT2D eigenvalue weighted by atomic mass is 10.3. The molecule has 2 N–H and O–H groups in total. The smallest absolute Gasteiger partial charge is 0.222 e. The Morgan fingerprint density at radius 3 is 3.20 bits per heavy atom. The fourth-order valence-electron chi connectivity index (χ4n) is 2.57. The molecule has 0 aromatic carbocycles. The summed E-state index contributed by atoms with van der Waals surface area (Å²) < 4.78 is 1.94. The maximum absolute atomic E-state index is 11.0. The lowest BCUT2D eigenvalue weighted by molar-refractivity contribution is -0.114. The van der Waals surface area contributed by atoms with Gasteiger partial charge in [0, 0.05) is 50.7 Å². The standard InChI is InChI=1S/C13H18N6O/c1-10(20)15-13-4-7-19(17-13)12-3-6-18(9-12)8-11-2-5-14-16-11/h2,4-5,7,12H,3,6,8-9H2,1H3,(H,14,16)(H,15,17,20). The van der Waals surface area contributed by atoms with Gasteiger partial charge in [0.1, 0.15) is 0 Å². The maximum Gasteiger partial charge on any atom is 0.222 e. The molecule has 3 heterocycles. The maximum atomic E-state index is 11.0. The fraction of sp³-hybridized carbons (Fsp3) is 0.462.